The number of hydrogen-bond acceptors (Lipinski definition) is 4. The van der Waals surface area contributed by atoms with Gasteiger partial charge in [-0.3, -0.25) is 4.79 Å². The summed E-state index contributed by atoms with van der Waals surface area (Å²) in [4.78, 5) is 13.9. The zero-order chi connectivity index (χ0) is 14.2. The molecular weight excluding hydrogens is 274 g/mol. The van der Waals surface area contributed by atoms with Gasteiger partial charge in [-0.05, 0) is 44.5 Å². The lowest BCUT2D eigenvalue weighted by Gasteiger charge is -2.15. The number of carbonyl (C=O) groups is 1. The van der Waals surface area contributed by atoms with Gasteiger partial charge in [-0.1, -0.05) is 0 Å². The van der Waals surface area contributed by atoms with E-state index in [1.165, 1.54) is 11.3 Å². The molecule has 2 aromatic heterocycles. The summed E-state index contributed by atoms with van der Waals surface area (Å²) in [6.45, 7) is 4.66. The van der Waals surface area contributed by atoms with Gasteiger partial charge in [0.15, 0.2) is 0 Å². The molecule has 0 aliphatic carbocycles. The van der Waals surface area contributed by atoms with Gasteiger partial charge >= 0.3 is 0 Å². The van der Waals surface area contributed by atoms with Gasteiger partial charge in [0.05, 0.1) is 34.3 Å². The lowest BCUT2D eigenvalue weighted by Crippen LogP contribution is -2.35. The third-order valence-electron chi connectivity index (χ3n) is 3.34. The number of ether oxygens (including phenoxy) is 1. The topological polar surface area (TPSA) is 51.5 Å². The van der Waals surface area contributed by atoms with Crippen LogP contribution in [-0.4, -0.2) is 24.2 Å². The molecule has 0 spiro atoms. The zero-order valence-corrected chi connectivity index (χ0v) is 12.3. The van der Waals surface area contributed by atoms with Crippen LogP contribution in [-0.2, 0) is 4.74 Å². The molecule has 0 aromatic carbocycles. The maximum Gasteiger partial charge on any atom is 0.261 e. The maximum absolute atomic E-state index is 12.2. The molecule has 106 valence electrons. The molecule has 20 heavy (non-hydrogen) atoms. The first kappa shape index (κ1) is 13.4. The van der Waals surface area contributed by atoms with Crippen LogP contribution in [0.15, 0.2) is 34.9 Å². The van der Waals surface area contributed by atoms with Gasteiger partial charge < -0.3 is 14.5 Å². The highest BCUT2D eigenvalue weighted by molar-refractivity contribution is 7.17. The Morgan fingerprint density at radius 3 is 2.90 bits per heavy atom. The highest BCUT2D eigenvalue weighted by Crippen LogP contribution is 2.29. The Hall–Kier alpha value is -1.59. The highest BCUT2D eigenvalue weighted by atomic mass is 32.1. The van der Waals surface area contributed by atoms with Crippen molar-refractivity contribution >= 4 is 17.2 Å². The van der Waals surface area contributed by atoms with E-state index in [2.05, 4.69) is 5.32 Å². The van der Waals surface area contributed by atoms with Crippen molar-refractivity contribution in [1.29, 1.82) is 0 Å². The van der Waals surface area contributed by atoms with Crippen molar-refractivity contribution in [2.24, 2.45) is 0 Å². The summed E-state index contributed by atoms with van der Waals surface area (Å²) in [5.74, 6) is 0.749. The lowest BCUT2D eigenvalue weighted by atomic mass is 10.0. The standard InChI is InChI=1S/C15H17NO3S/c1-15(2)8-10(9-19-15)16-14(17)13-6-5-12(20-13)11-4-3-7-18-11/h3-7,10H,8-9H2,1-2H3,(H,16,17). The van der Waals surface area contributed by atoms with Crippen LogP contribution in [0.1, 0.15) is 29.9 Å². The molecule has 3 rings (SSSR count). The average Bonchev–Trinajstić information content (AvgIpc) is 3.08. The van der Waals surface area contributed by atoms with Crippen LogP contribution in [0.4, 0.5) is 0 Å². The van der Waals surface area contributed by atoms with E-state index in [0.717, 1.165) is 17.1 Å². The number of furan rings is 1. The normalized spacial score (nSPS) is 21.0. The summed E-state index contributed by atoms with van der Waals surface area (Å²) < 4.78 is 11.0. The molecule has 1 atom stereocenters. The minimum atomic E-state index is -0.146. The van der Waals surface area contributed by atoms with Crippen molar-refractivity contribution in [2.75, 3.05) is 6.61 Å². The molecular formula is C15H17NO3S. The Morgan fingerprint density at radius 2 is 2.25 bits per heavy atom. The van der Waals surface area contributed by atoms with E-state index >= 15 is 0 Å². The Morgan fingerprint density at radius 1 is 1.40 bits per heavy atom. The zero-order valence-electron chi connectivity index (χ0n) is 11.5. The van der Waals surface area contributed by atoms with Gasteiger partial charge in [-0.2, -0.15) is 0 Å². The molecule has 2 aromatic rings. The van der Waals surface area contributed by atoms with Crippen molar-refractivity contribution in [2.45, 2.75) is 31.9 Å². The fourth-order valence-electron chi connectivity index (χ4n) is 2.40. The highest BCUT2D eigenvalue weighted by Gasteiger charge is 2.33. The summed E-state index contributed by atoms with van der Waals surface area (Å²) in [6.07, 6.45) is 2.47. The second-order valence-electron chi connectivity index (χ2n) is 5.59. The Kier molecular flexibility index (Phi) is 3.40. The fourth-order valence-corrected chi connectivity index (χ4v) is 3.28. The molecule has 5 heteroatoms. The summed E-state index contributed by atoms with van der Waals surface area (Å²) in [5.41, 5.74) is -0.146. The quantitative estimate of drug-likeness (QED) is 0.944. The number of rotatable bonds is 3. The van der Waals surface area contributed by atoms with Crippen molar-refractivity contribution in [1.82, 2.24) is 5.32 Å². The smallest absolute Gasteiger partial charge is 0.261 e. The third-order valence-corrected chi connectivity index (χ3v) is 4.44. The van der Waals surface area contributed by atoms with E-state index < -0.39 is 0 Å². The fraction of sp³-hybridized carbons (Fsp3) is 0.400. The van der Waals surface area contributed by atoms with Crippen molar-refractivity contribution in [3.8, 4) is 10.6 Å². The van der Waals surface area contributed by atoms with Crippen LogP contribution in [0.2, 0.25) is 0 Å². The van der Waals surface area contributed by atoms with E-state index in [-0.39, 0.29) is 17.6 Å². The van der Waals surface area contributed by atoms with Crippen molar-refractivity contribution in [3.63, 3.8) is 0 Å². The number of nitrogens with one attached hydrogen (secondary N) is 1. The molecule has 4 nitrogen and oxygen atoms in total. The molecule has 0 saturated carbocycles. The molecule has 1 aliphatic rings. The van der Waals surface area contributed by atoms with E-state index in [0.29, 0.717) is 11.5 Å². The van der Waals surface area contributed by atoms with Gasteiger partial charge in [0, 0.05) is 0 Å². The summed E-state index contributed by atoms with van der Waals surface area (Å²) >= 11 is 1.44. The molecule has 3 heterocycles. The van der Waals surface area contributed by atoms with Crippen molar-refractivity contribution < 1.29 is 13.9 Å². The molecule has 1 fully saturated rings. The van der Waals surface area contributed by atoms with Crippen LogP contribution in [0, 0.1) is 0 Å². The summed E-state index contributed by atoms with van der Waals surface area (Å²) in [5, 5.41) is 3.03. The first-order valence-electron chi connectivity index (χ1n) is 6.62. The maximum atomic E-state index is 12.2. The van der Waals surface area contributed by atoms with E-state index in [1.807, 2.05) is 38.1 Å². The Bertz CT molecular complexity index is 600. The van der Waals surface area contributed by atoms with Gasteiger partial charge in [-0.15, -0.1) is 11.3 Å². The number of carbonyl (C=O) groups excluding carboxylic acids is 1. The predicted molar refractivity (Wildman–Crippen MR) is 77.9 cm³/mol. The molecule has 1 amide bonds. The lowest BCUT2D eigenvalue weighted by molar-refractivity contribution is 0.0355. The van der Waals surface area contributed by atoms with Gasteiger partial charge in [0.2, 0.25) is 0 Å². The second-order valence-corrected chi connectivity index (χ2v) is 6.67. The third kappa shape index (κ3) is 2.78. The van der Waals surface area contributed by atoms with Crippen LogP contribution >= 0.6 is 11.3 Å². The van der Waals surface area contributed by atoms with Gasteiger partial charge in [0.25, 0.3) is 5.91 Å². The number of hydrogen-bond donors (Lipinski definition) is 1. The SMILES string of the molecule is CC1(C)CC(NC(=O)c2ccc(-c3ccco3)s2)CO1. The first-order chi connectivity index (χ1) is 9.53. The Labute approximate surface area is 121 Å². The predicted octanol–water partition coefficient (Wildman–Crippen LogP) is 3.31. The molecule has 0 bridgehead atoms. The van der Waals surface area contributed by atoms with Crippen LogP contribution < -0.4 is 5.32 Å². The largest absolute Gasteiger partial charge is 0.464 e. The van der Waals surface area contributed by atoms with Crippen LogP contribution in [0.3, 0.4) is 0 Å². The average molecular weight is 291 g/mol. The molecule has 0 radical (unpaired) electrons. The van der Waals surface area contributed by atoms with E-state index in [1.54, 1.807) is 6.26 Å². The minimum Gasteiger partial charge on any atom is -0.464 e. The van der Waals surface area contributed by atoms with E-state index in [4.69, 9.17) is 9.15 Å². The Balaban J connectivity index is 1.66. The second kappa shape index (κ2) is 5.07. The molecule has 1 unspecified atom stereocenters. The minimum absolute atomic E-state index is 0.0425. The van der Waals surface area contributed by atoms with Crippen LogP contribution in [0.25, 0.3) is 10.6 Å². The molecule has 1 saturated heterocycles. The van der Waals surface area contributed by atoms with Crippen LogP contribution in [0.5, 0.6) is 0 Å². The summed E-state index contributed by atoms with van der Waals surface area (Å²) in [7, 11) is 0. The number of amides is 1. The van der Waals surface area contributed by atoms with E-state index in [9.17, 15) is 4.79 Å². The van der Waals surface area contributed by atoms with Gasteiger partial charge in [0.1, 0.15) is 5.76 Å². The molecule has 1 aliphatic heterocycles. The first-order valence-corrected chi connectivity index (χ1v) is 7.44. The summed E-state index contributed by atoms with van der Waals surface area (Å²) in [6, 6.07) is 7.56. The number of thiophene rings is 1. The van der Waals surface area contributed by atoms with Crippen molar-refractivity contribution in [3.05, 3.63) is 35.4 Å². The molecule has 1 N–H and O–H groups in total. The van der Waals surface area contributed by atoms with Gasteiger partial charge in [-0.25, -0.2) is 0 Å². The monoisotopic (exact) mass is 291 g/mol.